The maximum Gasteiger partial charge on any atom is 0.159 e. The molecule has 1 rings (SSSR count). The average Bonchev–Trinajstić information content (AvgIpc) is 2.09. The van der Waals surface area contributed by atoms with Crippen LogP contribution in [-0.2, 0) is 5.54 Å². The monoisotopic (exact) mass is 185 g/mol. The van der Waals surface area contributed by atoms with Gasteiger partial charge in [0.25, 0.3) is 0 Å². The minimum Gasteiger partial charge on any atom is -0.322 e. The van der Waals surface area contributed by atoms with Crippen LogP contribution in [0, 0.1) is 11.6 Å². The molecule has 0 aromatic heterocycles. The molecular weight excluding hydrogens is 172 g/mol. The number of hydrogen-bond donors (Lipinski definition) is 1. The molecule has 1 aromatic carbocycles. The molecule has 0 saturated heterocycles. The summed E-state index contributed by atoms with van der Waals surface area (Å²) in [7, 11) is 0. The van der Waals surface area contributed by atoms with Crippen molar-refractivity contribution < 1.29 is 8.78 Å². The highest BCUT2D eigenvalue weighted by Crippen LogP contribution is 2.22. The zero-order valence-corrected chi connectivity index (χ0v) is 7.77. The Morgan fingerprint density at radius 1 is 1.31 bits per heavy atom. The number of rotatable bonds is 2. The van der Waals surface area contributed by atoms with Crippen molar-refractivity contribution in [1.29, 1.82) is 0 Å². The van der Waals surface area contributed by atoms with Crippen LogP contribution in [0.3, 0.4) is 0 Å². The lowest BCUT2D eigenvalue weighted by Crippen LogP contribution is -2.32. The Morgan fingerprint density at radius 3 is 2.38 bits per heavy atom. The third-order valence-corrected chi connectivity index (χ3v) is 2.31. The highest BCUT2D eigenvalue weighted by Gasteiger charge is 2.19. The first-order valence-corrected chi connectivity index (χ1v) is 4.22. The quantitative estimate of drug-likeness (QED) is 0.752. The van der Waals surface area contributed by atoms with Gasteiger partial charge in [-0.2, -0.15) is 0 Å². The topological polar surface area (TPSA) is 26.0 Å². The van der Waals surface area contributed by atoms with E-state index in [0.29, 0.717) is 12.0 Å². The van der Waals surface area contributed by atoms with Crippen LogP contribution in [0.15, 0.2) is 18.2 Å². The van der Waals surface area contributed by atoms with Gasteiger partial charge < -0.3 is 5.73 Å². The maximum absolute atomic E-state index is 12.8. The minimum absolute atomic E-state index is 0.589. The Hall–Kier alpha value is -0.960. The summed E-state index contributed by atoms with van der Waals surface area (Å²) >= 11 is 0. The highest BCUT2D eigenvalue weighted by molar-refractivity contribution is 5.24. The fraction of sp³-hybridized carbons (Fsp3) is 0.400. The largest absolute Gasteiger partial charge is 0.322 e. The summed E-state index contributed by atoms with van der Waals surface area (Å²) in [4.78, 5) is 0. The van der Waals surface area contributed by atoms with Crippen LogP contribution in [0.5, 0.6) is 0 Å². The molecule has 0 radical (unpaired) electrons. The predicted octanol–water partition coefficient (Wildman–Crippen LogP) is 2.55. The molecule has 0 fully saturated rings. The van der Waals surface area contributed by atoms with Crippen molar-refractivity contribution >= 4 is 0 Å². The molecule has 0 spiro atoms. The molecule has 0 saturated carbocycles. The number of halogens is 2. The van der Waals surface area contributed by atoms with Gasteiger partial charge in [-0.25, -0.2) is 8.78 Å². The second-order valence-corrected chi connectivity index (χ2v) is 3.40. The molecule has 3 heteroatoms. The van der Waals surface area contributed by atoms with Gasteiger partial charge in [0.15, 0.2) is 11.6 Å². The van der Waals surface area contributed by atoms with Crippen LogP contribution < -0.4 is 5.73 Å². The predicted molar refractivity (Wildman–Crippen MR) is 48.2 cm³/mol. The molecule has 72 valence electrons. The van der Waals surface area contributed by atoms with Crippen LogP contribution in [0.25, 0.3) is 0 Å². The van der Waals surface area contributed by atoms with Crippen LogP contribution >= 0.6 is 0 Å². The van der Waals surface area contributed by atoms with Crippen molar-refractivity contribution in [3.63, 3.8) is 0 Å². The summed E-state index contributed by atoms with van der Waals surface area (Å²) in [6, 6.07) is 3.77. The van der Waals surface area contributed by atoms with E-state index in [2.05, 4.69) is 0 Å². The van der Waals surface area contributed by atoms with Crippen molar-refractivity contribution in [2.75, 3.05) is 0 Å². The van der Waals surface area contributed by atoms with E-state index in [1.54, 1.807) is 6.92 Å². The maximum atomic E-state index is 12.8. The van der Waals surface area contributed by atoms with Crippen molar-refractivity contribution in [3.8, 4) is 0 Å². The van der Waals surface area contributed by atoms with Crippen molar-refractivity contribution in [2.45, 2.75) is 25.8 Å². The van der Waals surface area contributed by atoms with E-state index < -0.39 is 17.2 Å². The second-order valence-electron chi connectivity index (χ2n) is 3.40. The summed E-state index contributed by atoms with van der Waals surface area (Å²) in [5.74, 6) is -1.68. The summed E-state index contributed by atoms with van der Waals surface area (Å²) in [5, 5.41) is 0. The molecule has 1 atom stereocenters. The lowest BCUT2D eigenvalue weighted by Gasteiger charge is -2.23. The van der Waals surface area contributed by atoms with Gasteiger partial charge in [0.05, 0.1) is 0 Å². The highest BCUT2D eigenvalue weighted by atomic mass is 19.2. The third kappa shape index (κ3) is 2.04. The number of hydrogen-bond acceptors (Lipinski definition) is 1. The van der Waals surface area contributed by atoms with Gasteiger partial charge in [-0.1, -0.05) is 13.0 Å². The van der Waals surface area contributed by atoms with E-state index in [1.807, 2.05) is 6.92 Å². The lowest BCUT2D eigenvalue weighted by molar-refractivity contribution is 0.461. The first-order chi connectivity index (χ1) is 5.97. The molecule has 0 bridgehead atoms. The SMILES string of the molecule is CCC(C)(N)c1ccc(F)c(F)c1. The van der Waals surface area contributed by atoms with Crippen LogP contribution in [0.2, 0.25) is 0 Å². The molecule has 2 N–H and O–H groups in total. The fourth-order valence-electron chi connectivity index (χ4n) is 1.06. The van der Waals surface area contributed by atoms with E-state index in [9.17, 15) is 8.78 Å². The van der Waals surface area contributed by atoms with Crippen molar-refractivity contribution in [2.24, 2.45) is 5.73 Å². The van der Waals surface area contributed by atoms with Crippen LogP contribution in [0.1, 0.15) is 25.8 Å². The smallest absolute Gasteiger partial charge is 0.159 e. The third-order valence-electron chi connectivity index (χ3n) is 2.31. The molecule has 1 unspecified atom stereocenters. The van der Waals surface area contributed by atoms with Gasteiger partial charge in [0, 0.05) is 5.54 Å². The zero-order valence-electron chi connectivity index (χ0n) is 7.77. The number of benzene rings is 1. The average molecular weight is 185 g/mol. The summed E-state index contributed by atoms with van der Waals surface area (Å²) in [5.41, 5.74) is 5.90. The molecule has 13 heavy (non-hydrogen) atoms. The standard InChI is InChI=1S/C10H13F2N/c1-3-10(2,13)7-4-5-8(11)9(12)6-7/h4-6H,3,13H2,1-2H3. The van der Waals surface area contributed by atoms with E-state index in [4.69, 9.17) is 5.73 Å². The molecule has 0 heterocycles. The van der Waals surface area contributed by atoms with Gasteiger partial charge in [-0.05, 0) is 31.0 Å². The molecular formula is C10H13F2N. The Morgan fingerprint density at radius 2 is 1.92 bits per heavy atom. The Balaban J connectivity index is 3.10. The zero-order chi connectivity index (χ0) is 10.1. The van der Waals surface area contributed by atoms with Crippen molar-refractivity contribution in [1.82, 2.24) is 0 Å². The molecule has 0 aliphatic carbocycles. The van der Waals surface area contributed by atoms with Gasteiger partial charge in [0.1, 0.15) is 0 Å². The Bertz CT molecular complexity index is 308. The first kappa shape index (κ1) is 10.1. The summed E-state index contributed by atoms with van der Waals surface area (Å²) < 4.78 is 25.4. The molecule has 0 aliphatic heterocycles. The van der Waals surface area contributed by atoms with E-state index in [-0.39, 0.29) is 0 Å². The fourth-order valence-corrected chi connectivity index (χ4v) is 1.06. The van der Waals surface area contributed by atoms with Crippen LogP contribution in [-0.4, -0.2) is 0 Å². The summed E-state index contributed by atoms with van der Waals surface area (Å²) in [6.45, 7) is 3.70. The molecule has 0 aliphatic rings. The second kappa shape index (κ2) is 3.42. The normalized spacial score (nSPS) is 15.5. The van der Waals surface area contributed by atoms with Gasteiger partial charge >= 0.3 is 0 Å². The van der Waals surface area contributed by atoms with E-state index in [0.717, 1.165) is 12.1 Å². The Labute approximate surface area is 76.6 Å². The van der Waals surface area contributed by atoms with Gasteiger partial charge in [-0.15, -0.1) is 0 Å². The lowest BCUT2D eigenvalue weighted by atomic mass is 9.90. The van der Waals surface area contributed by atoms with E-state index >= 15 is 0 Å². The first-order valence-electron chi connectivity index (χ1n) is 4.22. The van der Waals surface area contributed by atoms with Gasteiger partial charge in [-0.3, -0.25) is 0 Å². The molecule has 1 aromatic rings. The number of nitrogens with two attached hydrogens (primary N) is 1. The Kier molecular flexibility index (Phi) is 2.66. The minimum atomic E-state index is -0.845. The molecule has 1 nitrogen and oxygen atoms in total. The van der Waals surface area contributed by atoms with Crippen LogP contribution in [0.4, 0.5) is 8.78 Å². The summed E-state index contributed by atoms with van der Waals surface area (Å²) in [6.07, 6.45) is 0.679. The van der Waals surface area contributed by atoms with Gasteiger partial charge in [0.2, 0.25) is 0 Å². The molecule has 0 amide bonds. The van der Waals surface area contributed by atoms with E-state index in [1.165, 1.54) is 6.07 Å². The van der Waals surface area contributed by atoms with Crippen molar-refractivity contribution in [3.05, 3.63) is 35.4 Å².